The van der Waals surface area contributed by atoms with Crippen LogP contribution in [-0.2, 0) is 9.53 Å². The number of carbonyl (C=O) groups is 1. The van der Waals surface area contributed by atoms with E-state index in [1.165, 1.54) is 18.9 Å². The summed E-state index contributed by atoms with van der Waals surface area (Å²) in [5, 5.41) is 7.85. The molecule has 1 aliphatic rings. The van der Waals surface area contributed by atoms with E-state index in [0.717, 1.165) is 24.2 Å². The Hall–Kier alpha value is -1.20. The molecule has 1 unspecified atom stereocenters. The van der Waals surface area contributed by atoms with Crippen molar-refractivity contribution in [3.63, 3.8) is 0 Å². The van der Waals surface area contributed by atoms with Gasteiger partial charge >= 0.3 is 5.97 Å². The Morgan fingerprint density at radius 2 is 1.95 bits per heavy atom. The van der Waals surface area contributed by atoms with Crippen LogP contribution in [0.15, 0.2) is 24.3 Å². The number of methoxy groups -OCH3 is 2. The van der Waals surface area contributed by atoms with Crippen LogP contribution < -0.4 is 4.74 Å². The van der Waals surface area contributed by atoms with Crippen LogP contribution >= 0.6 is 23.4 Å². The fourth-order valence-electron chi connectivity index (χ4n) is 1.85. The number of halogens is 1. The molecule has 1 N–H and O–H groups in total. The fourth-order valence-corrected chi connectivity index (χ4v) is 3.46. The van der Waals surface area contributed by atoms with E-state index in [0.29, 0.717) is 5.04 Å². The van der Waals surface area contributed by atoms with Gasteiger partial charge in [-0.15, -0.1) is 11.6 Å². The Balaban J connectivity index is 2.05. The van der Waals surface area contributed by atoms with Crippen molar-refractivity contribution in [3.8, 4) is 5.75 Å². The normalized spacial score (nSPS) is 17.1. The lowest BCUT2D eigenvalue weighted by Gasteiger charge is -2.19. The van der Waals surface area contributed by atoms with Crippen molar-refractivity contribution < 1.29 is 14.3 Å². The molecular formula is C14H16ClNO3S. The first-order valence-corrected chi connectivity index (χ1v) is 7.41. The summed E-state index contributed by atoms with van der Waals surface area (Å²) in [6.07, 6.45) is 1.64. The lowest BCUT2D eigenvalue weighted by molar-refractivity contribution is -0.140. The van der Waals surface area contributed by atoms with Crippen molar-refractivity contribution in [3.05, 3.63) is 29.8 Å². The molecule has 1 fully saturated rings. The zero-order valence-electron chi connectivity index (χ0n) is 11.3. The number of ether oxygens (including phenoxy) is 2. The molecule has 4 nitrogen and oxygen atoms in total. The maximum Gasteiger partial charge on any atom is 0.325 e. The lowest BCUT2D eigenvalue weighted by atomic mass is 10.2. The Kier molecular flexibility index (Phi) is 4.60. The van der Waals surface area contributed by atoms with E-state index < -0.39 is 16.1 Å². The lowest BCUT2D eigenvalue weighted by Crippen LogP contribution is -2.30. The van der Waals surface area contributed by atoms with E-state index in [-0.39, 0.29) is 0 Å². The van der Waals surface area contributed by atoms with Crippen LogP contribution in [0.2, 0.25) is 0 Å². The van der Waals surface area contributed by atoms with Gasteiger partial charge in [-0.3, -0.25) is 10.2 Å². The topological polar surface area (TPSA) is 59.4 Å². The molecule has 1 aromatic rings. The minimum Gasteiger partial charge on any atom is -0.497 e. The number of benzene rings is 1. The summed E-state index contributed by atoms with van der Waals surface area (Å²) < 4.78 is 9.37. The summed E-state index contributed by atoms with van der Waals surface area (Å²) >= 11 is 7.49. The van der Waals surface area contributed by atoms with Crippen LogP contribution in [0.5, 0.6) is 5.75 Å². The highest BCUT2D eigenvalue weighted by atomic mass is 35.5. The molecule has 20 heavy (non-hydrogen) atoms. The van der Waals surface area contributed by atoms with Gasteiger partial charge in [-0.2, -0.15) is 0 Å². The van der Waals surface area contributed by atoms with Crippen molar-refractivity contribution in [1.29, 1.82) is 5.41 Å². The van der Waals surface area contributed by atoms with Gasteiger partial charge in [0.15, 0.2) is 0 Å². The number of esters is 1. The third kappa shape index (κ3) is 3.10. The summed E-state index contributed by atoms with van der Waals surface area (Å²) in [7, 11) is 2.93. The number of hydrogen-bond acceptors (Lipinski definition) is 5. The van der Waals surface area contributed by atoms with Gasteiger partial charge in [0.05, 0.1) is 19.3 Å². The minimum atomic E-state index is -0.712. The standard InChI is InChI=1S/C14H16ClNO3S/c1-18-10-5-3-9(4-6-10)12(16)20-14(7-8-14)11(15)13(17)19-2/h3-6,11,16H,7-8H2,1-2H3. The van der Waals surface area contributed by atoms with Gasteiger partial charge in [0, 0.05) is 10.3 Å². The highest BCUT2D eigenvalue weighted by molar-refractivity contribution is 8.15. The van der Waals surface area contributed by atoms with Crippen molar-refractivity contribution >= 4 is 34.4 Å². The van der Waals surface area contributed by atoms with E-state index in [1.807, 2.05) is 24.3 Å². The Morgan fingerprint density at radius 3 is 2.40 bits per heavy atom. The molecule has 1 aliphatic carbocycles. The van der Waals surface area contributed by atoms with E-state index >= 15 is 0 Å². The van der Waals surface area contributed by atoms with E-state index in [1.54, 1.807) is 7.11 Å². The molecule has 1 atom stereocenters. The SMILES string of the molecule is COC(=O)C(Cl)C1(SC(=N)c2ccc(OC)cc2)CC1. The van der Waals surface area contributed by atoms with E-state index in [9.17, 15) is 4.79 Å². The molecule has 0 aromatic heterocycles. The average Bonchev–Trinajstić information content (AvgIpc) is 3.26. The number of nitrogens with one attached hydrogen (secondary N) is 1. The third-order valence-corrected chi connectivity index (χ3v) is 5.49. The fraction of sp³-hybridized carbons (Fsp3) is 0.429. The average molecular weight is 314 g/mol. The summed E-state index contributed by atoms with van der Waals surface area (Å²) in [5.74, 6) is 0.316. The van der Waals surface area contributed by atoms with Gasteiger partial charge in [-0.05, 0) is 37.1 Å². The van der Waals surface area contributed by atoms with Crippen LogP contribution in [-0.4, -0.2) is 35.4 Å². The van der Waals surface area contributed by atoms with Gasteiger partial charge in [0.2, 0.25) is 0 Å². The van der Waals surface area contributed by atoms with Crippen LogP contribution in [0.1, 0.15) is 18.4 Å². The molecule has 1 aromatic carbocycles. The molecule has 0 spiro atoms. The summed E-state index contributed by atoms with van der Waals surface area (Å²) in [6, 6.07) is 7.27. The van der Waals surface area contributed by atoms with Crippen LogP contribution in [0.4, 0.5) is 0 Å². The molecule has 2 rings (SSSR count). The number of thioether (sulfide) groups is 1. The molecule has 1 saturated carbocycles. The van der Waals surface area contributed by atoms with Gasteiger partial charge in [0.1, 0.15) is 11.1 Å². The zero-order chi connectivity index (χ0) is 14.8. The molecule has 0 aliphatic heterocycles. The summed E-state index contributed by atoms with van der Waals surface area (Å²) in [4.78, 5) is 11.5. The first kappa shape index (κ1) is 15.2. The van der Waals surface area contributed by atoms with Crippen molar-refractivity contribution in [2.24, 2.45) is 0 Å². The van der Waals surface area contributed by atoms with Crippen molar-refractivity contribution in [1.82, 2.24) is 0 Å². The highest BCUT2D eigenvalue weighted by Crippen LogP contribution is 2.54. The first-order chi connectivity index (χ1) is 9.52. The molecule has 108 valence electrons. The van der Waals surface area contributed by atoms with Crippen molar-refractivity contribution in [2.75, 3.05) is 14.2 Å². The Bertz CT molecular complexity index is 514. The quantitative estimate of drug-likeness (QED) is 0.393. The van der Waals surface area contributed by atoms with Crippen LogP contribution in [0, 0.1) is 5.41 Å². The van der Waals surface area contributed by atoms with Crippen LogP contribution in [0.3, 0.4) is 0 Å². The van der Waals surface area contributed by atoms with Crippen LogP contribution in [0.25, 0.3) is 0 Å². The second-order valence-corrected chi connectivity index (χ2v) is 6.47. The highest BCUT2D eigenvalue weighted by Gasteiger charge is 2.54. The van der Waals surface area contributed by atoms with Gasteiger partial charge < -0.3 is 9.47 Å². The molecule has 0 saturated heterocycles. The zero-order valence-corrected chi connectivity index (χ0v) is 12.9. The first-order valence-electron chi connectivity index (χ1n) is 6.16. The van der Waals surface area contributed by atoms with Gasteiger partial charge in [0.25, 0.3) is 0 Å². The molecule has 0 radical (unpaired) electrons. The van der Waals surface area contributed by atoms with E-state index in [2.05, 4.69) is 4.74 Å². The third-order valence-electron chi connectivity index (χ3n) is 3.27. The molecular weight excluding hydrogens is 298 g/mol. The van der Waals surface area contributed by atoms with E-state index in [4.69, 9.17) is 21.7 Å². The second kappa shape index (κ2) is 6.06. The number of rotatable bonds is 5. The summed E-state index contributed by atoms with van der Waals surface area (Å²) in [6.45, 7) is 0. The number of hydrogen-bond donors (Lipinski definition) is 1. The monoisotopic (exact) mass is 313 g/mol. The maximum absolute atomic E-state index is 11.5. The number of carbonyl (C=O) groups excluding carboxylic acids is 1. The number of alkyl halides is 1. The molecule has 0 bridgehead atoms. The maximum atomic E-state index is 11.5. The molecule has 0 amide bonds. The van der Waals surface area contributed by atoms with Gasteiger partial charge in [-0.25, -0.2) is 0 Å². The minimum absolute atomic E-state index is 0.397. The van der Waals surface area contributed by atoms with Crippen molar-refractivity contribution in [2.45, 2.75) is 23.0 Å². The molecule has 0 heterocycles. The smallest absolute Gasteiger partial charge is 0.325 e. The van der Waals surface area contributed by atoms with Gasteiger partial charge in [-0.1, -0.05) is 11.8 Å². The Morgan fingerprint density at radius 1 is 1.35 bits per heavy atom. The second-order valence-electron chi connectivity index (χ2n) is 4.61. The largest absolute Gasteiger partial charge is 0.497 e. The Labute approximate surface area is 127 Å². The summed E-state index contributed by atoms with van der Waals surface area (Å²) in [5.41, 5.74) is 0.788. The predicted octanol–water partition coefficient (Wildman–Crippen LogP) is 3.07. The molecule has 6 heteroatoms. The predicted molar refractivity (Wildman–Crippen MR) is 81.0 cm³/mol.